The van der Waals surface area contributed by atoms with E-state index in [-0.39, 0.29) is 0 Å². The van der Waals surface area contributed by atoms with Gasteiger partial charge in [0.2, 0.25) is 0 Å². The van der Waals surface area contributed by atoms with E-state index in [1.807, 2.05) is 12.1 Å². The molecule has 0 saturated carbocycles. The molecule has 0 aliphatic carbocycles. The fraction of sp³-hybridized carbons (Fsp3) is 0.263. The van der Waals surface area contributed by atoms with E-state index in [1.165, 1.54) is 16.0 Å². The Hall–Kier alpha value is -2.64. The molecule has 0 N–H and O–H groups in total. The number of nitrogens with zero attached hydrogens (tertiary/aromatic N) is 4. The van der Waals surface area contributed by atoms with Crippen LogP contribution >= 0.6 is 0 Å². The summed E-state index contributed by atoms with van der Waals surface area (Å²) in [4.78, 5) is 8.48. The molecule has 0 radical (unpaired) electrons. The molecule has 0 fully saturated rings. The van der Waals surface area contributed by atoms with Gasteiger partial charge < -0.3 is 0 Å². The second-order valence-electron chi connectivity index (χ2n) is 5.77. The van der Waals surface area contributed by atoms with Crippen molar-refractivity contribution in [2.45, 2.75) is 13.0 Å². The summed E-state index contributed by atoms with van der Waals surface area (Å²) >= 11 is 0. The van der Waals surface area contributed by atoms with Crippen LogP contribution in [-0.4, -0.2) is 30.0 Å². The lowest BCUT2D eigenvalue weighted by Crippen LogP contribution is -2.29. The Kier molecular flexibility index (Phi) is 4.70. The van der Waals surface area contributed by atoms with E-state index in [4.69, 9.17) is 5.26 Å². The van der Waals surface area contributed by atoms with Gasteiger partial charge in [-0.1, -0.05) is 36.4 Å². The number of hydrogen-bond acceptors (Lipinski definition) is 4. The lowest BCUT2D eigenvalue weighted by atomic mass is 10.0. The maximum atomic E-state index is 8.91. The number of pyridine rings is 1. The van der Waals surface area contributed by atoms with Gasteiger partial charge in [0.1, 0.15) is 0 Å². The molecule has 0 atom stereocenters. The zero-order valence-electron chi connectivity index (χ0n) is 13.3. The van der Waals surface area contributed by atoms with Crippen LogP contribution in [0.3, 0.4) is 0 Å². The van der Waals surface area contributed by atoms with Crippen molar-refractivity contribution in [3.05, 3.63) is 66.0 Å². The van der Waals surface area contributed by atoms with Gasteiger partial charge in [-0.05, 0) is 29.7 Å². The highest BCUT2D eigenvalue weighted by atomic mass is 15.1. The smallest absolute Gasteiger partial charge is 0.184 e. The number of benzene rings is 1. The quantitative estimate of drug-likeness (QED) is 0.642. The zero-order chi connectivity index (χ0) is 16.1. The number of rotatable bonds is 4. The lowest BCUT2D eigenvalue weighted by Gasteiger charge is -2.27. The van der Waals surface area contributed by atoms with Crippen molar-refractivity contribution in [1.29, 1.82) is 5.26 Å². The van der Waals surface area contributed by atoms with Gasteiger partial charge in [-0.3, -0.25) is 14.8 Å². The Balaban J connectivity index is 1.69. The first-order valence-electron chi connectivity index (χ1n) is 7.81. The van der Waals surface area contributed by atoms with Gasteiger partial charge in [-0.25, -0.2) is 0 Å². The molecule has 116 valence electrons. The highest BCUT2D eigenvalue weighted by molar-refractivity contribution is 5.66. The normalized spacial score (nSPS) is 14.9. The van der Waals surface area contributed by atoms with E-state index < -0.39 is 0 Å². The van der Waals surface area contributed by atoms with Crippen LogP contribution < -0.4 is 4.90 Å². The van der Waals surface area contributed by atoms with Gasteiger partial charge in [-0.2, -0.15) is 5.26 Å². The number of nitriles is 1. The fourth-order valence-electron chi connectivity index (χ4n) is 2.80. The molecular weight excluding hydrogens is 284 g/mol. The van der Waals surface area contributed by atoms with Crippen molar-refractivity contribution >= 4 is 11.3 Å². The van der Waals surface area contributed by atoms with Gasteiger partial charge in [0, 0.05) is 26.7 Å². The van der Waals surface area contributed by atoms with Crippen molar-refractivity contribution in [2.24, 2.45) is 0 Å². The van der Waals surface area contributed by atoms with Gasteiger partial charge in [0.25, 0.3) is 0 Å². The highest BCUT2D eigenvalue weighted by Crippen LogP contribution is 2.22. The molecule has 0 spiro atoms. The average Bonchev–Trinajstić information content (AvgIpc) is 2.62. The average molecular weight is 304 g/mol. The van der Waals surface area contributed by atoms with Crippen LogP contribution in [0.5, 0.6) is 0 Å². The maximum absolute atomic E-state index is 8.91. The van der Waals surface area contributed by atoms with Crippen molar-refractivity contribution in [1.82, 2.24) is 9.88 Å². The summed E-state index contributed by atoms with van der Waals surface area (Å²) in [6.45, 7) is 2.95. The molecule has 1 aliphatic rings. The number of hydrogen-bond donors (Lipinski definition) is 0. The van der Waals surface area contributed by atoms with Crippen LogP contribution in [0.15, 0.2) is 54.7 Å². The van der Waals surface area contributed by atoms with Crippen molar-refractivity contribution in [2.75, 3.05) is 25.0 Å². The molecule has 0 amide bonds. The monoisotopic (exact) mass is 304 g/mol. The Morgan fingerprint density at radius 3 is 2.74 bits per heavy atom. The molecule has 1 aliphatic heterocycles. The minimum atomic E-state index is 0.814. The molecule has 0 bridgehead atoms. The van der Waals surface area contributed by atoms with E-state index >= 15 is 0 Å². The van der Waals surface area contributed by atoms with Gasteiger partial charge in [0.15, 0.2) is 6.19 Å². The van der Waals surface area contributed by atoms with Crippen LogP contribution in [0.25, 0.3) is 5.57 Å². The van der Waals surface area contributed by atoms with Crippen LogP contribution in [0.2, 0.25) is 0 Å². The summed E-state index contributed by atoms with van der Waals surface area (Å²) in [6.07, 6.45) is 7.17. The molecule has 3 rings (SSSR count). The van der Waals surface area contributed by atoms with Crippen molar-refractivity contribution in [3.8, 4) is 6.19 Å². The summed E-state index contributed by atoms with van der Waals surface area (Å²) in [5.41, 5.74) is 4.41. The third-order valence-corrected chi connectivity index (χ3v) is 4.09. The maximum Gasteiger partial charge on any atom is 0.184 e. The Bertz CT molecular complexity index is 713. The van der Waals surface area contributed by atoms with Crippen molar-refractivity contribution < 1.29 is 0 Å². The highest BCUT2D eigenvalue weighted by Gasteiger charge is 2.15. The first kappa shape index (κ1) is 15.3. The Labute approximate surface area is 137 Å². The molecule has 4 heteroatoms. The van der Waals surface area contributed by atoms with E-state index in [0.29, 0.717) is 0 Å². The molecule has 23 heavy (non-hydrogen) atoms. The van der Waals surface area contributed by atoms with Crippen LogP contribution in [0, 0.1) is 11.5 Å². The fourth-order valence-corrected chi connectivity index (χ4v) is 2.80. The van der Waals surface area contributed by atoms with Gasteiger partial charge in [0.05, 0.1) is 17.6 Å². The standard InChI is InChI=1S/C19H20N4/c1-22(15-20)18-9-10-19(21-12-18)17-8-5-11-23(14-17)13-16-6-3-2-4-7-16/h2-4,6-10,12H,5,11,13-14H2,1H3. The second-order valence-corrected chi connectivity index (χ2v) is 5.77. The second kappa shape index (κ2) is 7.08. The van der Waals surface area contributed by atoms with Gasteiger partial charge >= 0.3 is 0 Å². The summed E-state index contributed by atoms with van der Waals surface area (Å²) in [6, 6.07) is 14.5. The molecule has 2 aromatic rings. The third kappa shape index (κ3) is 3.77. The molecule has 0 unspecified atom stereocenters. The molecule has 4 nitrogen and oxygen atoms in total. The predicted octanol–water partition coefficient (Wildman–Crippen LogP) is 3.29. The lowest BCUT2D eigenvalue weighted by molar-refractivity contribution is 0.296. The third-order valence-electron chi connectivity index (χ3n) is 4.09. The first-order chi connectivity index (χ1) is 11.3. The molecule has 0 saturated heterocycles. The summed E-state index contributed by atoms with van der Waals surface area (Å²) in [5.74, 6) is 0. The van der Waals surface area contributed by atoms with E-state index in [2.05, 4.69) is 52.5 Å². The summed E-state index contributed by atoms with van der Waals surface area (Å²) in [7, 11) is 1.73. The number of aromatic nitrogens is 1. The summed E-state index contributed by atoms with van der Waals surface area (Å²) in [5, 5.41) is 8.91. The minimum absolute atomic E-state index is 0.814. The zero-order valence-corrected chi connectivity index (χ0v) is 13.3. The van der Waals surface area contributed by atoms with Crippen LogP contribution in [0.4, 0.5) is 5.69 Å². The number of anilines is 1. The largest absolute Gasteiger partial charge is 0.294 e. The Morgan fingerprint density at radius 1 is 1.22 bits per heavy atom. The Morgan fingerprint density at radius 2 is 2.04 bits per heavy atom. The molecule has 1 aromatic carbocycles. The molecule has 1 aromatic heterocycles. The van der Waals surface area contributed by atoms with E-state index in [0.717, 1.165) is 37.4 Å². The van der Waals surface area contributed by atoms with Crippen LogP contribution in [-0.2, 0) is 6.54 Å². The van der Waals surface area contributed by atoms with E-state index in [9.17, 15) is 0 Å². The topological polar surface area (TPSA) is 43.2 Å². The predicted molar refractivity (Wildman–Crippen MR) is 92.6 cm³/mol. The van der Waals surface area contributed by atoms with Gasteiger partial charge in [-0.15, -0.1) is 0 Å². The molecular formula is C19H20N4. The minimum Gasteiger partial charge on any atom is -0.294 e. The first-order valence-corrected chi connectivity index (χ1v) is 7.81. The van der Waals surface area contributed by atoms with E-state index in [1.54, 1.807) is 13.2 Å². The molecule has 2 heterocycles. The SMILES string of the molecule is CN(C#N)c1ccc(C2=CCCN(Cc3ccccc3)C2)nc1. The van der Waals surface area contributed by atoms with Crippen molar-refractivity contribution in [3.63, 3.8) is 0 Å². The van der Waals surface area contributed by atoms with Crippen LogP contribution in [0.1, 0.15) is 17.7 Å². The summed E-state index contributed by atoms with van der Waals surface area (Å²) < 4.78 is 0.